The Labute approximate surface area is 59.2 Å². The van der Waals surface area contributed by atoms with Gasteiger partial charge < -0.3 is 5.73 Å². The summed E-state index contributed by atoms with van der Waals surface area (Å²) in [5.74, 6) is -0.164. The normalized spacial score (nSPS) is 9.78. The molecule has 0 saturated carbocycles. The fourth-order valence-electron chi connectivity index (χ4n) is 0.726. The largest absolute Gasteiger partial charge is 0.370 e. The molecule has 0 bridgehead atoms. The van der Waals surface area contributed by atoms with Crippen molar-refractivity contribution in [3.8, 4) is 0 Å². The van der Waals surface area contributed by atoms with Crippen LogP contribution < -0.4 is 5.73 Å². The number of nitrogens with two attached hydrogens (primary N) is 1. The minimum atomic E-state index is -0.164. The molecule has 0 aliphatic heterocycles. The van der Waals surface area contributed by atoms with Crippen LogP contribution in [0, 0.1) is 0 Å². The third kappa shape index (κ3) is 7.69. The number of hydrogen-bond donors (Lipinski definition) is 1. The van der Waals surface area contributed by atoms with Gasteiger partial charge in [-0.1, -0.05) is 18.9 Å². The molecule has 54 valence electrons. The van der Waals surface area contributed by atoms with Gasteiger partial charge in [-0.3, -0.25) is 4.79 Å². The average Bonchev–Trinajstić information content (AvgIpc) is 1.80. The van der Waals surface area contributed by atoms with E-state index in [4.69, 9.17) is 5.73 Å². The SMILES string of the molecule is NC(=O)CCCCC[SiH3]. The molecule has 0 heterocycles. The van der Waals surface area contributed by atoms with E-state index >= 15 is 0 Å². The van der Waals surface area contributed by atoms with Gasteiger partial charge in [-0.2, -0.15) is 0 Å². The van der Waals surface area contributed by atoms with E-state index in [0.717, 1.165) is 6.42 Å². The van der Waals surface area contributed by atoms with Crippen LogP contribution in [0.2, 0.25) is 6.04 Å². The molecule has 0 aromatic rings. The van der Waals surface area contributed by atoms with Crippen LogP contribution in [0.1, 0.15) is 25.7 Å². The van der Waals surface area contributed by atoms with Gasteiger partial charge >= 0.3 is 0 Å². The molecule has 3 heteroatoms. The molecule has 0 spiro atoms. The van der Waals surface area contributed by atoms with E-state index in [1.807, 2.05) is 0 Å². The number of amides is 1. The van der Waals surface area contributed by atoms with Crippen molar-refractivity contribution in [2.75, 3.05) is 0 Å². The molecule has 2 nitrogen and oxygen atoms in total. The Morgan fingerprint density at radius 3 is 2.44 bits per heavy atom. The zero-order valence-electron chi connectivity index (χ0n) is 6.02. The molecule has 0 aromatic carbocycles. The van der Waals surface area contributed by atoms with E-state index in [1.54, 1.807) is 0 Å². The molecule has 0 fully saturated rings. The summed E-state index contributed by atoms with van der Waals surface area (Å²) in [6.07, 6.45) is 4.01. The predicted octanol–water partition coefficient (Wildman–Crippen LogP) is -0.184. The lowest BCUT2D eigenvalue weighted by molar-refractivity contribution is -0.118. The first-order valence-corrected chi connectivity index (χ1v) is 4.97. The lowest BCUT2D eigenvalue weighted by Gasteiger charge is -1.93. The molecule has 0 aromatic heterocycles. The van der Waals surface area contributed by atoms with E-state index in [0.29, 0.717) is 6.42 Å². The van der Waals surface area contributed by atoms with E-state index in [1.165, 1.54) is 29.1 Å². The second-order valence-corrected chi connectivity index (χ2v) is 3.28. The minimum absolute atomic E-state index is 0.164. The van der Waals surface area contributed by atoms with Crippen molar-refractivity contribution in [3.05, 3.63) is 0 Å². The van der Waals surface area contributed by atoms with Crippen molar-refractivity contribution >= 4 is 16.1 Å². The fraction of sp³-hybridized carbons (Fsp3) is 0.833. The quantitative estimate of drug-likeness (QED) is 0.423. The molecule has 1 amide bonds. The fourth-order valence-corrected chi connectivity index (χ4v) is 1.23. The van der Waals surface area contributed by atoms with Gasteiger partial charge in [-0.15, -0.1) is 0 Å². The number of carbonyl (C=O) groups excluding carboxylic acids is 1. The Morgan fingerprint density at radius 2 is 2.00 bits per heavy atom. The van der Waals surface area contributed by atoms with Gasteiger partial charge in [0, 0.05) is 16.7 Å². The van der Waals surface area contributed by atoms with Crippen LogP contribution in [0.5, 0.6) is 0 Å². The first kappa shape index (κ1) is 8.69. The molecule has 0 aliphatic rings. The second kappa shape index (κ2) is 5.82. The maximum absolute atomic E-state index is 10.2. The Kier molecular flexibility index (Phi) is 5.61. The van der Waals surface area contributed by atoms with E-state index < -0.39 is 0 Å². The highest BCUT2D eigenvalue weighted by atomic mass is 28.1. The van der Waals surface area contributed by atoms with Crippen molar-refractivity contribution in [2.24, 2.45) is 5.73 Å². The van der Waals surface area contributed by atoms with Crippen molar-refractivity contribution in [1.29, 1.82) is 0 Å². The predicted molar refractivity (Wildman–Crippen MR) is 42.4 cm³/mol. The molecule has 0 atom stereocenters. The summed E-state index contributed by atoms with van der Waals surface area (Å²) in [7, 11) is 1.29. The van der Waals surface area contributed by atoms with Gasteiger partial charge in [0.15, 0.2) is 0 Å². The first-order valence-electron chi connectivity index (χ1n) is 3.55. The van der Waals surface area contributed by atoms with Gasteiger partial charge in [0.25, 0.3) is 0 Å². The number of rotatable bonds is 5. The molecule has 0 unspecified atom stereocenters. The summed E-state index contributed by atoms with van der Waals surface area (Å²) in [6, 6.07) is 1.35. The smallest absolute Gasteiger partial charge is 0.217 e. The molecule has 0 radical (unpaired) electrons. The summed E-state index contributed by atoms with van der Waals surface area (Å²) in [4.78, 5) is 10.2. The molecule has 2 N–H and O–H groups in total. The van der Waals surface area contributed by atoms with Crippen LogP contribution in [0.3, 0.4) is 0 Å². The number of unbranched alkanes of at least 4 members (excludes halogenated alkanes) is 2. The van der Waals surface area contributed by atoms with Crippen LogP contribution in [-0.2, 0) is 4.79 Å². The highest BCUT2D eigenvalue weighted by Crippen LogP contribution is 2.00. The molecular formula is C6H15NOSi. The standard InChI is InChI=1S/C6H15NOSi/c7-6(8)4-2-1-3-5-9/h1-5H2,9H3,(H2,7,8). The Bertz CT molecular complexity index is 85.1. The van der Waals surface area contributed by atoms with Crippen LogP contribution in [-0.4, -0.2) is 16.1 Å². The van der Waals surface area contributed by atoms with Crippen molar-refractivity contribution in [1.82, 2.24) is 0 Å². The maximum Gasteiger partial charge on any atom is 0.217 e. The highest BCUT2D eigenvalue weighted by molar-refractivity contribution is 6.08. The van der Waals surface area contributed by atoms with Crippen molar-refractivity contribution < 1.29 is 4.79 Å². The molecule has 0 saturated heterocycles. The third-order valence-corrected chi connectivity index (χ3v) is 1.98. The molecule has 9 heavy (non-hydrogen) atoms. The second-order valence-electron chi connectivity index (χ2n) is 2.28. The Morgan fingerprint density at radius 1 is 1.33 bits per heavy atom. The minimum Gasteiger partial charge on any atom is -0.370 e. The van der Waals surface area contributed by atoms with Gasteiger partial charge in [-0.05, 0) is 6.42 Å². The topological polar surface area (TPSA) is 43.1 Å². The summed E-state index contributed by atoms with van der Waals surface area (Å²) in [6.45, 7) is 0. The summed E-state index contributed by atoms with van der Waals surface area (Å²) in [5.41, 5.74) is 4.94. The third-order valence-electron chi connectivity index (χ3n) is 1.28. The highest BCUT2D eigenvalue weighted by Gasteiger charge is 1.91. The monoisotopic (exact) mass is 145 g/mol. The Hall–Kier alpha value is -0.313. The lowest BCUT2D eigenvalue weighted by Crippen LogP contribution is -2.09. The zero-order valence-corrected chi connectivity index (χ0v) is 8.02. The van der Waals surface area contributed by atoms with Crippen LogP contribution in [0.15, 0.2) is 0 Å². The van der Waals surface area contributed by atoms with Gasteiger partial charge in [0.1, 0.15) is 0 Å². The number of primary amides is 1. The molecule has 0 aliphatic carbocycles. The Balaban J connectivity index is 2.83. The lowest BCUT2D eigenvalue weighted by atomic mass is 10.2. The summed E-state index contributed by atoms with van der Waals surface area (Å²) >= 11 is 0. The average molecular weight is 145 g/mol. The van der Waals surface area contributed by atoms with Crippen molar-refractivity contribution in [3.63, 3.8) is 0 Å². The van der Waals surface area contributed by atoms with E-state index in [9.17, 15) is 4.79 Å². The van der Waals surface area contributed by atoms with Gasteiger partial charge in [-0.25, -0.2) is 0 Å². The number of carbonyl (C=O) groups is 1. The van der Waals surface area contributed by atoms with Crippen LogP contribution >= 0.6 is 0 Å². The van der Waals surface area contributed by atoms with E-state index in [2.05, 4.69) is 0 Å². The summed E-state index contributed by atoms with van der Waals surface area (Å²) in [5, 5.41) is 0. The van der Waals surface area contributed by atoms with Crippen LogP contribution in [0.4, 0.5) is 0 Å². The van der Waals surface area contributed by atoms with Crippen molar-refractivity contribution in [2.45, 2.75) is 31.7 Å². The zero-order chi connectivity index (χ0) is 7.11. The maximum atomic E-state index is 10.2. The van der Waals surface area contributed by atoms with Gasteiger partial charge in [0.2, 0.25) is 5.91 Å². The van der Waals surface area contributed by atoms with Crippen LogP contribution in [0.25, 0.3) is 0 Å². The number of hydrogen-bond acceptors (Lipinski definition) is 1. The van der Waals surface area contributed by atoms with E-state index in [-0.39, 0.29) is 5.91 Å². The van der Waals surface area contributed by atoms with Gasteiger partial charge in [0.05, 0.1) is 0 Å². The molecule has 0 rings (SSSR count). The molecular weight excluding hydrogens is 130 g/mol. The first-order chi connectivity index (χ1) is 4.27. The summed E-state index contributed by atoms with van der Waals surface area (Å²) < 4.78 is 0.